The molecule has 2 aromatic rings. The zero-order valence-electron chi connectivity index (χ0n) is 11.6. The van der Waals surface area contributed by atoms with Gasteiger partial charge in [0, 0.05) is 38.6 Å². The van der Waals surface area contributed by atoms with E-state index in [0.29, 0.717) is 6.42 Å². The Morgan fingerprint density at radius 3 is 2.45 bits per heavy atom. The Morgan fingerprint density at radius 1 is 1.15 bits per heavy atom. The maximum Gasteiger partial charge on any atom is 0.303 e. The summed E-state index contributed by atoms with van der Waals surface area (Å²) in [5, 5.41) is 8.73. The minimum Gasteiger partial charge on any atom is -0.481 e. The third-order valence-electron chi connectivity index (χ3n) is 2.97. The monoisotopic (exact) mass is 271 g/mol. The standard InChI is InChI=1S/C15H17N3O2/c1-18(2)12-6-8-17-14(10-12)13-9-11(5-7-16-13)3-4-15(19)20/h5-10H,3-4H2,1-2H3,(H,19,20). The fourth-order valence-electron chi connectivity index (χ4n) is 1.86. The third-order valence-corrected chi connectivity index (χ3v) is 2.97. The summed E-state index contributed by atoms with van der Waals surface area (Å²) in [7, 11) is 3.94. The van der Waals surface area contributed by atoms with Crippen LogP contribution in [-0.2, 0) is 11.2 Å². The molecule has 0 atom stereocenters. The molecule has 0 saturated heterocycles. The van der Waals surface area contributed by atoms with Crippen molar-refractivity contribution in [1.82, 2.24) is 9.97 Å². The van der Waals surface area contributed by atoms with Crippen molar-refractivity contribution in [3.05, 3.63) is 42.2 Å². The topological polar surface area (TPSA) is 66.3 Å². The molecule has 0 aromatic carbocycles. The molecule has 0 aliphatic rings. The van der Waals surface area contributed by atoms with E-state index in [0.717, 1.165) is 22.6 Å². The number of aromatic nitrogens is 2. The number of anilines is 1. The Labute approximate surface area is 117 Å². The van der Waals surface area contributed by atoms with Crippen molar-refractivity contribution < 1.29 is 9.90 Å². The molecule has 0 amide bonds. The molecule has 5 heteroatoms. The highest BCUT2D eigenvalue weighted by Gasteiger charge is 2.06. The molecule has 1 N–H and O–H groups in total. The maximum absolute atomic E-state index is 10.6. The molecule has 2 heterocycles. The summed E-state index contributed by atoms with van der Waals surface area (Å²) in [4.78, 5) is 21.2. The van der Waals surface area contributed by atoms with Gasteiger partial charge < -0.3 is 10.0 Å². The highest BCUT2D eigenvalue weighted by atomic mass is 16.4. The van der Waals surface area contributed by atoms with Crippen LogP contribution >= 0.6 is 0 Å². The Morgan fingerprint density at radius 2 is 1.80 bits per heavy atom. The fraction of sp³-hybridized carbons (Fsp3) is 0.267. The lowest BCUT2D eigenvalue weighted by Crippen LogP contribution is -2.08. The van der Waals surface area contributed by atoms with E-state index >= 15 is 0 Å². The van der Waals surface area contributed by atoms with Crippen LogP contribution < -0.4 is 4.90 Å². The van der Waals surface area contributed by atoms with Crippen LogP contribution in [-0.4, -0.2) is 35.1 Å². The zero-order chi connectivity index (χ0) is 14.5. The average molecular weight is 271 g/mol. The molecule has 20 heavy (non-hydrogen) atoms. The van der Waals surface area contributed by atoms with Crippen LogP contribution in [0.15, 0.2) is 36.7 Å². The highest BCUT2D eigenvalue weighted by Crippen LogP contribution is 2.20. The van der Waals surface area contributed by atoms with E-state index in [1.54, 1.807) is 12.4 Å². The number of nitrogens with zero attached hydrogens (tertiary/aromatic N) is 3. The van der Waals surface area contributed by atoms with Gasteiger partial charge in [0.2, 0.25) is 0 Å². The third kappa shape index (κ3) is 3.54. The van der Waals surface area contributed by atoms with Crippen LogP contribution in [0.1, 0.15) is 12.0 Å². The van der Waals surface area contributed by atoms with E-state index in [2.05, 4.69) is 9.97 Å². The molecule has 0 aliphatic carbocycles. The van der Waals surface area contributed by atoms with E-state index in [1.165, 1.54) is 0 Å². The number of hydrogen-bond acceptors (Lipinski definition) is 4. The Kier molecular flexibility index (Phi) is 4.30. The van der Waals surface area contributed by atoms with Crippen LogP contribution in [0.25, 0.3) is 11.4 Å². The van der Waals surface area contributed by atoms with E-state index in [4.69, 9.17) is 5.11 Å². The molecule has 104 valence electrons. The first kappa shape index (κ1) is 14.0. The van der Waals surface area contributed by atoms with Crippen molar-refractivity contribution in [2.24, 2.45) is 0 Å². The lowest BCUT2D eigenvalue weighted by atomic mass is 10.1. The number of hydrogen-bond donors (Lipinski definition) is 1. The predicted octanol–water partition coefficient (Wildman–Crippen LogP) is 2.23. The van der Waals surface area contributed by atoms with Gasteiger partial charge >= 0.3 is 5.97 Å². The highest BCUT2D eigenvalue weighted by molar-refractivity contribution is 5.67. The van der Waals surface area contributed by atoms with Gasteiger partial charge in [0.05, 0.1) is 11.4 Å². The van der Waals surface area contributed by atoms with Gasteiger partial charge in [-0.2, -0.15) is 0 Å². The summed E-state index contributed by atoms with van der Waals surface area (Å²) in [5.74, 6) is -0.795. The smallest absolute Gasteiger partial charge is 0.303 e. The van der Waals surface area contributed by atoms with Crippen molar-refractivity contribution in [2.75, 3.05) is 19.0 Å². The summed E-state index contributed by atoms with van der Waals surface area (Å²) in [5.41, 5.74) is 3.55. The second kappa shape index (κ2) is 6.14. The van der Waals surface area contributed by atoms with Crippen molar-refractivity contribution in [3.8, 4) is 11.4 Å². The van der Waals surface area contributed by atoms with Gasteiger partial charge in [-0.05, 0) is 36.2 Å². The molecular formula is C15H17N3O2. The van der Waals surface area contributed by atoms with Gasteiger partial charge in [-0.15, -0.1) is 0 Å². The molecule has 5 nitrogen and oxygen atoms in total. The second-order valence-corrected chi connectivity index (χ2v) is 4.74. The van der Waals surface area contributed by atoms with Crippen molar-refractivity contribution in [2.45, 2.75) is 12.8 Å². The van der Waals surface area contributed by atoms with Crippen LogP contribution in [0, 0.1) is 0 Å². The Balaban J connectivity index is 2.26. The summed E-state index contributed by atoms with van der Waals surface area (Å²) >= 11 is 0. The molecule has 0 fully saturated rings. The summed E-state index contributed by atoms with van der Waals surface area (Å²) in [6.45, 7) is 0. The minimum absolute atomic E-state index is 0.120. The number of rotatable bonds is 5. The van der Waals surface area contributed by atoms with Crippen LogP contribution in [0.4, 0.5) is 5.69 Å². The van der Waals surface area contributed by atoms with E-state index in [1.807, 2.05) is 43.3 Å². The molecule has 2 rings (SSSR count). The number of aliphatic carboxylic acids is 1. The second-order valence-electron chi connectivity index (χ2n) is 4.74. The van der Waals surface area contributed by atoms with Gasteiger partial charge in [-0.3, -0.25) is 14.8 Å². The number of carbonyl (C=O) groups is 1. The van der Waals surface area contributed by atoms with Crippen molar-refractivity contribution in [1.29, 1.82) is 0 Å². The van der Waals surface area contributed by atoms with E-state index in [-0.39, 0.29) is 6.42 Å². The number of carboxylic acid groups (broad SMARTS) is 1. The number of carboxylic acids is 1. The molecule has 0 unspecified atom stereocenters. The molecule has 0 aliphatic heterocycles. The average Bonchev–Trinajstić information content (AvgIpc) is 2.45. The summed E-state index contributed by atoms with van der Waals surface area (Å²) in [6.07, 6.45) is 4.06. The van der Waals surface area contributed by atoms with Crippen molar-refractivity contribution in [3.63, 3.8) is 0 Å². The van der Waals surface area contributed by atoms with Crippen molar-refractivity contribution >= 4 is 11.7 Å². The Hall–Kier alpha value is -2.43. The van der Waals surface area contributed by atoms with Crippen LogP contribution in [0.3, 0.4) is 0 Å². The Bertz CT molecular complexity index is 612. The van der Waals surface area contributed by atoms with Gasteiger partial charge in [0.25, 0.3) is 0 Å². The van der Waals surface area contributed by atoms with E-state index < -0.39 is 5.97 Å². The first-order valence-corrected chi connectivity index (χ1v) is 6.37. The van der Waals surface area contributed by atoms with Crippen LogP contribution in [0.2, 0.25) is 0 Å². The molecule has 0 radical (unpaired) electrons. The lowest BCUT2D eigenvalue weighted by molar-refractivity contribution is -0.136. The first-order valence-electron chi connectivity index (χ1n) is 6.37. The summed E-state index contributed by atoms with van der Waals surface area (Å²) in [6, 6.07) is 7.62. The quantitative estimate of drug-likeness (QED) is 0.903. The predicted molar refractivity (Wildman–Crippen MR) is 77.8 cm³/mol. The maximum atomic E-state index is 10.6. The molecule has 0 spiro atoms. The summed E-state index contributed by atoms with van der Waals surface area (Å²) < 4.78 is 0. The van der Waals surface area contributed by atoms with Gasteiger partial charge in [0.1, 0.15) is 0 Å². The van der Waals surface area contributed by atoms with Gasteiger partial charge in [-0.1, -0.05) is 0 Å². The minimum atomic E-state index is -0.795. The van der Waals surface area contributed by atoms with Gasteiger partial charge in [0.15, 0.2) is 0 Å². The van der Waals surface area contributed by atoms with Gasteiger partial charge in [-0.25, -0.2) is 0 Å². The zero-order valence-corrected chi connectivity index (χ0v) is 11.6. The fourth-order valence-corrected chi connectivity index (χ4v) is 1.86. The number of pyridine rings is 2. The number of aryl methyl sites for hydroxylation is 1. The first-order chi connectivity index (χ1) is 9.56. The molecule has 2 aromatic heterocycles. The lowest BCUT2D eigenvalue weighted by Gasteiger charge is -2.13. The molecule has 0 saturated carbocycles. The van der Waals surface area contributed by atoms with Crippen LogP contribution in [0.5, 0.6) is 0 Å². The molecular weight excluding hydrogens is 254 g/mol. The normalized spacial score (nSPS) is 10.3. The molecule has 0 bridgehead atoms. The largest absolute Gasteiger partial charge is 0.481 e. The SMILES string of the molecule is CN(C)c1ccnc(-c2cc(CCC(=O)O)ccn2)c1. The van der Waals surface area contributed by atoms with E-state index in [9.17, 15) is 4.79 Å².